The summed E-state index contributed by atoms with van der Waals surface area (Å²) in [5.74, 6) is 0.0176. The summed E-state index contributed by atoms with van der Waals surface area (Å²) in [5, 5.41) is 2.88. The quantitative estimate of drug-likeness (QED) is 0.554. The Labute approximate surface area is 197 Å². The Morgan fingerprint density at radius 2 is 1.56 bits per heavy atom. The molecule has 1 heterocycles. The van der Waals surface area contributed by atoms with E-state index in [0.717, 1.165) is 12.1 Å². The third-order valence-corrected chi connectivity index (χ3v) is 5.33. The van der Waals surface area contributed by atoms with Crippen LogP contribution in [0.1, 0.15) is 40.0 Å². The number of carbonyl (C=O) groups is 2. The molecule has 1 fully saturated rings. The van der Waals surface area contributed by atoms with E-state index in [1.165, 1.54) is 12.1 Å². The zero-order valence-electron chi connectivity index (χ0n) is 19.4. The number of anilines is 1. The summed E-state index contributed by atoms with van der Waals surface area (Å²) in [6.07, 6.45) is -3.15. The molecule has 34 heavy (non-hydrogen) atoms. The molecule has 1 saturated heterocycles. The maximum atomic E-state index is 12.9. The van der Waals surface area contributed by atoms with Crippen LogP contribution in [0.15, 0.2) is 48.5 Å². The van der Waals surface area contributed by atoms with Crippen LogP contribution in [0.2, 0.25) is 0 Å². The lowest BCUT2D eigenvalue weighted by Gasteiger charge is -2.33. The molecule has 184 valence electrons. The van der Waals surface area contributed by atoms with Gasteiger partial charge in [0, 0.05) is 25.4 Å². The zero-order chi connectivity index (χ0) is 24.9. The average molecular weight is 479 g/mol. The van der Waals surface area contributed by atoms with Crippen LogP contribution in [0.4, 0.5) is 18.9 Å². The van der Waals surface area contributed by atoms with Crippen LogP contribution >= 0.6 is 0 Å². The van der Waals surface area contributed by atoms with Crippen molar-refractivity contribution >= 4 is 17.5 Å². The number of carbonyl (C=O) groups excluding carboxylic acids is 2. The predicted octanol–water partition coefficient (Wildman–Crippen LogP) is 5.99. The van der Waals surface area contributed by atoms with E-state index < -0.39 is 6.36 Å². The summed E-state index contributed by atoms with van der Waals surface area (Å²) in [4.78, 5) is 27.1. The van der Waals surface area contributed by atoms with Crippen molar-refractivity contribution in [3.8, 4) is 17.2 Å². The number of likely N-dealkylation sites (tertiary alicyclic amines) is 1. The van der Waals surface area contributed by atoms with Crippen molar-refractivity contribution < 1.29 is 32.2 Å². The third-order valence-electron chi connectivity index (χ3n) is 5.33. The minimum absolute atomic E-state index is 0.0826. The van der Waals surface area contributed by atoms with Gasteiger partial charge in [0.25, 0.3) is 0 Å². The Morgan fingerprint density at radius 1 is 0.971 bits per heavy atom. The maximum Gasteiger partial charge on any atom is 0.573 e. The molecule has 1 aliphatic rings. The van der Waals surface area contributed by atoms with E-state index in [-0.39, 0.29) is 28.9 Å². The molecule has 3 rings (SSSR count). The zero-order valence-corrected chi connectivity index (χ0v) is 19.4. The Morgan fingerprint density at radius 3 is 2.15 bits per heavy atom. The second-order valence-corrected chi connectivity index (χ2v) is 9.50. The van der Waals surface area contributed by atoms with E-state index >= 15 is 0 Å². The maximum absolute atomic E-state index is 12.9. The van der Waals surface area contributed by atoms with E-state index in [1.807, 2.05) is 25.7 Å². The van der Waals surface area contributed by atoms with Gasteiger partial charge in [-0.2, -0.15) is 0 Å². The van der Waals surface area contributed by atoms with Crippen LogP contribution in [-0.2, 0) is 9.59 Å². The molecule has 9 heteroatoms. The van der Waals surface area contributed by atoms with Gasteiger partial charge in [0.2, 0.25) is 11.8 Å². The van der Waals surface area contributed by atoms with E-state index in [9.17, 15) is 22.8 Å². The van der Waals surface area contributed by atoms with Crippen LogP contribution in [0, 0.1) is 11.3 Å². The molecule has 1 aliphatic heterocycles. The molecule has 0 aromatic heterocycles. The van der Waals surface area contributed by atoms with E-state index in [0.29, 0.717) is 49.5 Å². The number of hydrogen-bond acceptors (Lipinski definition) is 4. The van der Waals surface area contributed by atoms with Crippen molar-refractivity contribution in [3.05, 3.63) is 48.5 Å². The molecule has 0 bridgehead atoms. The molecule has 0 saturated carbocycles. The highest BCUT2D eigenvalue weighted by atomic mass is 19.4. The van der Waals surface area contributed by atoms with E-state index in [2.05, 4.69) is 10.1 Å². The fraction of sp³-hybridized carbons (Fsp3) is 0.440. The number of alkyl halides is 3. The lowest BCUT2D eigenvalue weighted by molar-refractivity contribution is -0.274. The summed E-state index contributed by atoms with van der Waals surface area (Å²) >= 11 is 0. The van der Waals surface area contributed by atoms with Gasteiger partial charge in [0.05, 0.1) is 5.69 Å². The first kappa shape index (κ1) is 25.4. The highest BCUT2D eigenvalue weighted by Gasteiger charge is 2.31. The first-order chi connectivity index (χ1) is 15.9. The Balaban J connectivity index is 1.58. The summed E-state index contributed by atoms with van der Waals surface area (Å²) in [6.45, 7) is 7.15. The molecule has 2 aromatic rings. The van der Waals surface area contributed by atoms with Gasteiger partial charge in [-0.05, 0) is 54.7 Å². The second-order valence-electron chi connectivity index (χ2n) is 9.50. The van der Waals surface area contributed by atoms with Crippen molar-refractivity contribution in [1.29, 1.82) is 0 Å². The monoisotopic (exact) mass is 478 g/mol. The number of hydrogen-bond donors (Lipinski definition) is 1. The summed E-state index contributed by atoms with van der Waals surface area (Å²) < 4.78 is 46.6. The number of nitrogens with one attached hydrogen (secondary N) is 1. The van der Waals surface area contributed by atoms with Crippen molar-refractivity contribution in [3.63, 3.8) is 0 Å². The van der Waals surface area contributed by atoms with Gasteiger partial charge in [-0.15, -0.1) is 13.2 Å². The van der Waals surface area contributed by atoms with Crippen molar-refractivity contribution in [2.75, 3.05) is 18.4 Å². The molecule has 6 nitrogen and oxygen atoms in total. The number of halogens is 3. The fourth-order valence-corrected chi connectivity index (χ4v) is 3.69. The van der Waals surface area contributed by atoms with Crippen molar-refractivity contribution in [2.45, 2.75) is 46.4 Å². The minimum Gasteiger partial charge on any atom is -0.455 e. The topological polar surface area (TPSA) is 67.9 Å². The molecule has 1 N–H and O–H groups in total. The number of piperidine rings is 1. The highest BCUT2D eigenvalue weighted by Crippen LogP contribution is 2.32. The van der Waals surface area contributed by atoms with E-state index in [1.54, 1.807) is 24.3 Å². The summed E-state index contributed by atoms with van der Waals surface area (Å²) in [6, 6.07) is 11.8. The van der Waals surface area contributed by atoms with Gasteiger partial charge in [0.15, 0.2) is 5.75 Å². The molecule has 0 unspecified atom stereocenters. The van der Waals surface area contributed by atoms with Crippen LogP contribution in [-0.4, -0.2) is 36.2 Å². The SMILES string of the molecule is CC(C)(C)CC(=O)N1CCC(C(=O)Nc2ccccc2Oc2ccc(OC(F)(F)F)cc2)CC1. The standard InChI is InChI=1S/C25H29F3N2O4/c1-24(2,3)16-22(31)30-14-12-17(13-15-30)23(32)29-20-6-4-5-7-21(20)33-18-8-10-19(11-9-18)34-25(26,27)28/h4-11,17H,12-16H2,1-3H3,(H,29,32). The number of benzene rings is 2. The number of amides is 2. The molecular formula is C25H29F3N2O4. The van der Waals surface area contributed by atoms with Gasteiger partial charge >= 0.3 is 6.36 Å². The summed E-state index contributed by atoms with van der Waals surface area (Å²) in [5.41, 5.74) is 0.370. The first-order valence-corrected chi connectivity index (χ1v) is 11.1. The Bertz CT molecular complexity index is 992. The van der Waals surface area contributed by atoms with Crippen LogP contribution in [0.25, 0.3) is 0 Å². The lowest BCUT2D eigenvalue weighted by atomic mass is 9.90. The molecule has 2 amide bonds. The molecule has 2 aromatic carbocycles. The van der Waals surface area contributed by atoms with Crippen molar-refractivity contribution in [1.82, 2.24) is 4.90 Å². The van der Waals surface area contributed by atoms with Crippen molar-refractivity contribution in [2.24, 2.45) is 11.3 Å². The Hall–Kier alpha value is -3.23. The second kappa shape index (κ2) is 10.4. The number of ether oxygens (including phenoxy) is 2. The van der Waals surface area contributed by atoms with Gasteiger partial charge in [-0.1, -0.05) is 32.9 Å². The van der Waals surface area contributed by atoms with Crippen LogP contribution < -0.4 is 14.8 Å². The minimum atomic E-state index is -4.77. The summed E-state index contributed by atoms with van der Waals surface area (Å²) in [7, 11) is 0. The number of nitrogens with zero attached hydrogens (tertiary/aromatic N) is 1. The van der Waals surface area contributed by atoms with Gasteiger partial charge in [0.1, 0.15) is 11.5 Å². The fourth-order valence-electron chi connectivity index (χ4n) is 3.69. The highest BCUT2D eigenvalue weighted by molar-refractivity contribution is 5.94. The molecular weight excluding hydrogens is 449 g/mol. The van der Waals surface area contributed by atoms with Crippen LogP contribution in [0.3, 0.4) is 0 Å². The van der Waals surface area contributed by atoms with E-state index in [4.69, 9.17) is 4.74 Å². The number of rotatable bonds is 6. The lowest BCUT2D eigenvalue weighted by Crippen LogP contribution is -2.42. The Kier molecular flexibility index (Phi) is 7.74. The van der Waals surface area contributed by atoms with Gasteiger partial charge < -0.3 is 19.7 Å². The molecule has 0 aliphatic carbocycles. The van der Waals surface area contributed by atoms with Gasteiger partial charge in [-0.3, -0.25) is 9.59 Å². The smallest absolute Gasteiger partial charge is 0.455 e. The largest absolute Gasteiger partial charge is 0.573 e. The molecule has 0 spiro atoms. The van der Waals surface area contributed by atoms with Gasteiger partial charge in [-0.25, -0.2) is 0 Å². The normalized spacial score (nSPS) is 15.1. The molecule has 0 atom stereocenters. The number of para-hydroxylation sites is 2. The first-order valence-electron chi connectivity index (χ1n) is 11.1. The third kappa shape index (κ3) is 7.67. The van der Waals surface area contributed by atoms with Crippen LogP contribution in [0.5, 0.6) is 17.2 Å². The molecule has 0 radical (unpaired) electrons. The average Bonchev–Trinajstić information content (AvgIpc) is 2.74. The predicted molar refractivity (Wildman–Crippen MR) is 122 cm³/mol.